The van der Waals surface area contributed by atoms with E-state index in [1.807, 2.05) is 0 Å². The number of nitrogens with zero attached hydrogens (tertiary/aromatic N) is 1. The minimum Gasteiger partial charge on any atom is -0.462 e. The van der Waals surface area contributed by atoms with Crippen molar-refractivity contribution in [1.82, 2.24) is 4.90 Å². The molecule has 1 unspecified atom stereocenters. The van der Waals surface area contributed by atoms with Crippen LogP contribution in [0.15, 0.2) is 0 Å². The van der Waals surface area contributed by atoms with Gasteiger partial charge in [-0.2, -0.15) is 0 Å². The van der Waals surface area contributed by atoms with Crippen LogP contribution in [0.3, 0.4) is 0 Å². The summed E-state index contributed by atoms with van der Waals surface area (Å²) < 4.78 is 4.31. The zero-order valence-electron chi connectivity index (χ0n) is 8.78. The van der Waals surface area contributed by atoms with Crippen LogP contribution in [0, 0.1) is 5.41 Å². The van der Waals surface area contributed by atoms with Crippen LogP contribution in [0.1, 0.15) is 13.3 Å². The Balaban J connectivity index is 2.68. The van der Waals surface area contributed by atoms with Gasteiger partial charge < -0.3 is 15.4 Å². The van der Waals surface area contributed by atoms with Gasteiger partial charge in [-0.15, -0.1) is 0 Å². The first-order valence-electron chi connectivity index (χ1n) is 4.58. The number of esters is 1. The maximum Gasteiger partial charge on any atom is 0.396 e. The van der Waals surface area contributed by atoms with Gasteiger partial charge in [0.1, 0.15) is 0 Å². The number of hydrogen-bond acceptors (Lipinski definition) is 4. The minimum absolute atomic E-state index is 0.177. The molecule has 84 valence electrons. The molecular formula is C9H14N2O4. The third-order valence-electron chi connectivity index (χ3n) is 2.72. The summed E-state index contributed by atoms with van der Waals surface area (Å²) in [6, 6.07) is 0. The lowest BCUT2D eigenvalue weighted by atomic mass is 9.89. The lowest BCUT2D eigenvalue weighted by Crippen LogP contribution is -2.41. The van der Waals surface area contributed by atoms with Crippen LogP contribution in [0.4, 0.5) is 0 Å². The van der Waals surface area contributed by atoms with E-state index in [0.717, 1.165) is 7.11 Å². The van der Waals surface area contributed by atoms with E-state index in [9.17, 15) is 14.4 Å². The molecule has 1 saturated heterocycles. The quantitative estimate of drug-likeness (QED) is 0.442. The molecule has 1 fully saturated rings. The Bertz CT molecular complexity index is 315. The highest BCUT2D eigenvalue weighted by Gasteiger charge is 2.42. The molecule has 6 nitrogen and oxygen atoms in total. The first-order valence-corrected chi connectivity index (χ1v) is 4.58. The van der Waals surface area contributed by atoms with E-state index in [0.29, 0.717) is 13.0 Å². The van der Waals surface area contributed by atoms with E-state index < -0.39 is 23.2 Å². The summed E-state index contributed by atoms with van der Waals surface area (Å²) in [5, 5.41) is 0. The second-order valence-corrected chi connectivity index (χ2v) is 3.89. The van der Waals surface area contributed by atoms with Crippen LogP contribution in [-0.2, 0) is 19.1 Å². The first kappa shape index (κ1) is 11.5. The molecule has 1 aliphatic heterocycles. The van der Waals surface area contributed by atoms with E-state index in [4.69, 9.17) is 5.73 Å². The van der Waals surface area contributed by atoms with Crippen LogP contribution in [0.25, 0.3) is 0 Å². The van der Waals surface area contributed by atoms with Gasteiger partial charge >= 0.3 is 11.9 Å². The van der Waals surface area contributed by atoms with E-state index in [1.54, 1.807) is 6.92 Å². The summed E-state index contributed by atoms with van der Waals surface area (Å²) in [5.74, 6) is -2.09. The number of amides is 2. The molecule has 0 aromatic heterocycles. The number of carbonyl (C=O) groups is 3. The molecule has 0 aliphatic carbocycles. The predicted octanol–water partition coefficient (Wildman–Crippen LogP) is -1.12. The fraction of sp³-hybridized carbons (Fsp3) is 0.667. The summed E-state index contributed by atoms with van der Waals surface area (Å²) >= 11 is 0. The average molecular weight is 214 g/mol. The van der Waals surface area contributed by atoms with Crippen molar-refractivity contribution in [2.75, 3.05) is 20.2 Å². The SMILES string of the molecule is COC(=O)C(=O)N1CCC(C)(C(N)=O)C1. The second-order valence-electron chi connectivity index (χ2n) is 3.89. The molecule has 1 rings (SSSR count). The van der Waals surface area contributed by atoms with Gasteiger partial charge in [-0.25, -0.2) is 4.79 Å². The van der Waals surface area contributed by atoms with Crippen molar-refractivity contribution >= 4 is 17.8 Å². The topological polar surface area (TPSA) is 89.7 Å². The first-order chi connectivity index (χ1) is 6.90. The van der Waals surface area contributed by atoms with E-state index in [-0.39, 0.29) is 6.54 Å². The molecule has 0 spiro atoms. The van der Waals surface area contributed by atoms with Crippen molar-refractivity contribution in [2.45, 2.75) is 13.3 Å². The number of hydrogen-bond donors (Lipinski definition) is 1. The Kier molecular flexibility index (Phi) is 2.97. The molecule has 1 atom stereocenters. The van der Waals surface area contributed by atoms with Crippen molar-refractivity contribution in [3.63, 3.8) is 0 Å². The number of carbonyl (C=O) groups excluding carboxylic acids is 3. The monoisotopic (exact) mass is 214 g/mol. The Morgan fingerprint density at radius 2 is 2.00 bits per heavy atom. The lowest BCUT2D eigenvalue weighted by Gasteiger charge is -2.20. The van der Waals surface area contributed by atoms with Gasteiger partial charge in [-0.05, 0) is 13.3 Å². The Hall–Kier alpha value is -1.59. The summed E-state index contributed by atoms with van der Waals surface area (Å²) in [6.07, 6.45) is 0.477. The third-order valence-corrected chi connectivity index (χ3v) is 2.72. The summed E-state index contributed by atoms with van der Waals surface area (Å²) in [5.41, 5.74) is 4.48. The molecular weight excluding hydrogens is 200 g/mol. The fourth-order valence-corrected chi connectivity index (χ4v) is 1.55. The summed E-state index contributed by atoms with van der Waals surface area (Å²) in [6.45, 7) is 2.21. The van der Waals surface area contributed by atoms with Crippen LogP contribution in [0.5, 0.6) is 0 Å². The third kappa shape index (κ3) is 2.08. The van der Waals surface area contributed by atoms with Crippen molar-refractivity contribution < 1.29 is 19.1 Å². The maximum atomic E-state index is 11.4. The van der Waals surface area contributed by atoms with Gasteiger partial charge in [-0.3, -0.25) is 9.59 Å². The largest absolute Gasteiger partial charge is 0.462 e. The minimum atomic E-state index is -0.913. The molecule has 1 heterocycles. The molecule has 0 bridgehead atoms. The number of likely N-dealkylation sites (tertiary alicyclic amines) is 1. The zero-order valence-corrected chi connectivity index (χ0v) is 8.78. The van der Waals surface area contributed by atoms with Gasteiger partial charge in [0.05, 0.1) is 12.5 Å². The molecule has 15 heavy (non-hydrogen) atoms. The highest BCUT2D eigenvalue weighted by Crippen LogP contribution is 2.29. The molecule has 0 saturated carbocycles. The zero-order chi connectivity index (χ0) is 11.6. The highest BCUT2D eigenvalue weighted by molar-refractivity contribution is 6.32. The Morgan fingerprint density at radius 3 is 2.40 bits per heavy atom. The van der Waals surface area contributed by atoms with E-state index >= 15 is 0 Å². The normalized spacial score (nSPS) is 25.1. The molecule has 0 aromatic carbocycles. The van der Waals surface area contributed by atoms with Crippen LogP contribution < -0.4 is 5.73 Å². The number of methoxy groups -OCH3 is 1. The number of rotatable bonds is 1. The summed E-state index contributed by atoms with van der Waals surface area (Å²) in [7, 11) is 1.14. The van der Waals surface area contributed by atoms with Gasteiger partial charge in [0.15, 0.2) is 0 Å². The number of ether oxygens (including phenoxy) is 1. The van der Waals surface area contributed by atoms with E-state index in [1.165, 1.54) is 4.90 Å². The molecule has 0 radical (unpaired) electrons. The van der Waals surface area contributed by atoms with E-state index in [2.05, 4.69) is 4.74 Å². The van der Waals surface area contributed by atoms with Crippen molar-refractivity contribution in [2.24, 2.45) is 11.1 Å². The van der Waals surface area contributed by atoms with Crippen LogP contribution in [0.2, 0.25) is 0 Å². The molecule has 1 aliphatic rings. The van der Waals surface area contributed by atoms with Gasteiger partial charge in [0.2, 0.25) is 5.91 Å². The van der Waals surface area contributed by atoms with Crippen molar-refractivity contribution in [3.05, 3.63) is 0 Å². The molecule has 0 aromatic rings. The fourth-order valence-electron chi connectivity index (χ4n) is 1.55. The van der Waals surface area contributed by atoms with Crippen LogP contribution >= 0.6 is 0 Å². The molecule has 6 heteroatoms. The summed E-state index contributed by atoms with van der Waals surface area (Å²) in [4.78, 5) is 34.7. The van der Waals surface area contributed by atoms with Crippen molar-refractivity contribution in [3.8, 4) is 0 Å². The van der Waals surface area contributed by atoms with Gasteiger partial charge in [-0.1, -0.05) is 0 Å². The molecule has 2 N–H and O–H groups in total. The standard InChI is InChI=1S/C9H14N2O4/c1-9(8(10)14)3-4-11(5-9)6(12)7(13)15-2/h3-5H2,1-2H3,(H2,10,14). The maximum absolute atomic E-state index is 11.4. The Morgan fingerprint density at radius 1 is 1.40 bits per heavy atom. The lowest BCUT2D eigenvalue weighted by molar-refractivity contribution is -0.157. The van der Waals surface area contributed by atoms with Gasteiger partial charge in [0.25, 0.3) is 0 Å². The number of nitrogens with two attached hydrogens (primary N) is 1. The van der Waals surface area contributed by atoms with Crippen molar-refractivity contribution in [1.29, 1.82) is 0 Å². The van der Waals surface area contributed by atoms with Gasteiger partial charge in [0, 0.05) is 13.1 Å². The molecule has 2 amide bonds. The predicted molar refractivity (Wildman–Crippen MR) is 50.5 cm³/mol. The highest BCUT2D eigenvalue weighted by atomic mass is 16.5. The Labute approximate surface area is 87.4 Å². The number of primary amides is 1. The second kappa shape index (κ2) is 3.88. The average Bonchev–Trinajstić information content (AvgIpc) is 2.60. The van der Waals surface area contributed by atoms with Crippen LogP contribution in [-0.4, -0.2) is 42.9 Å². The smallest absolute Gasteiger partial charge is 0.396 e.